The third-order valence-corrected chi connectivity index (χ3v) is 2.73. The number of esters is 1. The van der Waals surface area contributed by atoms with Gasteiger partial charge in [0.15, 0.2) is 6.10 Å². The van der Waals surface area contributed by atoms with Gasteiger partial charge in [-0.1, -0.05) is 17.7 Å². The molecule has 1 aromatic carbocycles. The Balaban J connectivity index is 2.72. The number of ether oxygens (including phenoxy) is 1. The van der Waals surface area contributed by atoms with E-state index in [1.165, 1.54) is 14.0 Å². The maximum absolute atomic E-state index is 12.0. The summed E-state index contributed by atoms with van der Waals surface area (Å²) >= 11 is 0. The Bertz CT molecular complexity index is 540. The average Bonchev–Trinajstić information content (AvgIpc) is 2.40. The van der Waals surface area contributed by atoms with Crippen LogP contribution >= 0.6 is 0 Å². The number of carbonyl (C=O) groups is 3. The van der Waals surface area contributed by atoms with Crippen LogP contribution in [-0.2, 0) is 9.53 Å². The lowest BCUT2D eigenvalue weighted by atomic mass is 10.1. The van der Waals surface area contributed by atoms with Gasteiger partial charge in [-0.05, 0) is 32.4 Å². The largest absolute Gasteiger partial charge is 0.449 e. The highest BCUT2D eigenvalue weighted by atomic mass is 16.5. The van der Waals surface area contributed by atoms with Crippen molar-refractivity contribution in [1.82, 2.24) is 10.6 Å². The lowest BCUT2D eigenvalue weighted by molar-refractivity contribution is -0.127. The molecule has 0 heterocycles. The minimum absolute atomic E-state index is 0.407. The standard InChI is InChI=1S/C14H18N2O4/c1-8-5-6-9(2)11(7-8)13(18)20-10(3)12(17)16-14(19)15-4/h5-7,10H,1-4H3,(H2,15,16,17,19). The number of aryl methyl sites for hydroxylation is 2. The molecule has 0 bridgehead atoms. The summed E-state index contributed by atoms with van der Waals surface area (Å²) in [6, 6.07) is 4.74. The molecular formula is C14H18N2O4. The number of amides is 3. The third-order valence-electron chi connectivity index (χ3n) is 2.73. The fourth-order valence-corrected chi connectivity index (χ4v) is 1.51. The first-order valence-electron chi connectivity index (χ1n) is 6.16. The van der Waals surface area contributed by atoms with Gasteiger partial charge in [-0.3, -0.25) is 10.1 Å². The van der Waals surface area contributed by atoms with Crippen LogP contribution in [0.1, 0.15) is 28.4 Å². The minimum Gasteiger partial charge on any atom is -0.449 e. The number of carbonyl (C=O) groups excluding carboxylic acids is 3. The first kappa shape index (κ1) is 15.7. The molecule has 1 atom stereocenters. The van der Waals surface area contributed by atoms with Crippen molar-refractivity contribution in [3.05, 3.63) is 34.9 Å². The van der Waals surface area contributed by atoms with Gasteiger partial charge in [-0.2, -0.15) is 0 Å². The number of rotatable bonds is 3. The zero-order valence-electron chi connectivity index (χ0n) is 11.9. The number of imide groups is 1. The topological polar surface area (TPSA) is 84.5 Å². The molecule has 0 aliphatic carbocycles. The summed E-state index contributed by atoms with van der Waals surface area (Å²) in [6.45, 7) is 5.05. The average molecular weight is 278 g/mol. The van der Waals surface area contributed by atoms with E-state index >= 15 is 0 Å². The second kappa shape index (κ2) is 6.70. The maximum Gasteiger partial charge on any atom is 0.339 e. The van der Waals surface area contributed by atoms with Crippen molar-refractivity contribution in [2.24, 2.45) is 0 Å². The van der Waals surface area contributed by atoms with Crippen molar-refractivity contribution in [3.63, 3.8) is 0 Å². The summed E-state index contributed by atoms with van der Waals surface area (Å²) in [5.41, 5.74) is 2.09. The number of urea groups is 1. The normalized spacial score (nSPS) is 11.4. The van der Waals surface area contributed by atoms with Crippen LogP contribution in [-0.4, -0.2) is 31.1 Å². The molecule has 3 amide bonds. The monoisotopic (exact) mass is 278 g/mol. The lowest BCUT2D eigenvalue weighted by Crippen LogP contribution is -2.43. The molecule has 1 aromatic rings. The van der Waals surface area contributed by atoms with Gasteiger partial charge >= 0.3 is 12.0 Å². The fraction of sp³-hybridized carbons (Fsp3) is 0.357. The summed E-state index contributed by atoms with van der Waals surface area (Å²) in [7, 11) is 1.38. The van der Waals surface area contributed by atoms with Crippen LogP contribution in [0.2, 0.25) is 0 Å². The summed E-state index contributed by atoms with van der Waals surface area (Å²) in [5.74, 6) is -1.27. The molecule has 0 spiro atoms. The Kier molecular flexibility index (Phi) is 5.25. The van der Waals surface area contributed by atoms with Crippen LogP contribution in [0, 0.1) is 13.8 Å². The van der Waals surface area contributed by atoms with E-state index in [-0.39, 0.29) is 0 Å². The molecule has 1 unspecified atom stereocenters. The number of hydrogen-bond donors (Lipinski definition) is 2. The molecule has 0 fully saturated rings. The molecule has 6 heteroatoms. The second-order valence-electron chi connectivity index (χ2n) is 4.43. The van der Waals surface area contributed by atoms with Gasteiger partial charge in [0.25, 0.3) is 5.91 Å². The van der Waals surface area contributed by atoms with Crippen molar-refractivity contribution >= 4 is 17.9 Å². The molecule has 108 valence electrons. The smallest absolute Gasteiger partial charge is 0.339 e. The lowest BCUT2D eigenvalue weighted by Gasteiger charge is -2.14. The summed E-state index contributed by atoms with van der Waals surface area (Å²) in [4.78, 5) is 34.6. The van der Waals surface area contributed by atoms with Gasteiger partial charge in [-0.25, -0.2) is 9.59 Å². The van der Waals surface area contributed by atoms with Gasteiger partial charge < -0.3 is 10.1 Å². The van der Waals surface area contributed by atoms with Gasteiger partial charge in [0.2, 0.25) is 0 Å². The predicted octanol–water partition coefficient (Wildman–Crippen LogP) is 1.30. The van der Waals surface area contributed by atoms with Crippen LogP contribution in [0.3, 0.4) is 0 Å². The summed E-state index contributed by atoms with van der Waals surface area (Å²) in [6.07, 6.45) is -1.06. The molecule has 2 N–H and O–H groups in total. The Hall–Kier alpha value is -2.37. The molecule has 1 rings (SSSR count). The quantitative estimate of drug-likeness (QED) is 0.816. The Morgan fingerprint density at radius 3 is 2.45 bits per heavy atom. The van der Waals surface area contributed by atoms with Crippen LogP contribution in [0.4, 0.5) is 4.79 Å². The number of benzene rings is 1. The van der Waals surface area contributed by atoms with E-state index in [4.69, 9.17) is 4.74 Å². The molecule has 6 nitrogen and oxygen atoms in total. The molecule has 0 saturated carbocycles. The molecular weight excluding hydrogens is 260 g/mol. The van der Waals surface area contributed by atoms with Crippen molar-refractivity contribution in [3.8, 4) is 0 Å². The van der Waals surface area contributed by atoms with Crippen LogP contribution in [0.15, 0.2) is 18.2 Å². The molecule has 0 aliphatic rings. The van der Waals surface area contributed by atoms with Gasteiger partial charge in [0.05, 0.1) is 5.56 Å². The van der Waals surface area contributed by atoms with E-state index in [0.29, 0.717) is 5.56 Å². The number of hydrogen-bond acceptors (Lipinski definition) is 4. The van der Waals surface area contributed by atoms with E-state index in [1.807, 2.05) is 18.3 Å². The highest BCUT2D eigenvalue weighted by molar-refractivity contribution is 5.98. The fourth-order valence-electron chi connectivity index (χ4n) is 1.51. The SMILES string of the molecule is CNC(=O)NC(=O)C(C)OC(=O)c1cc(C)ccc1C. The Morgan fingerprint density at radius 2 is 1.85 bits per heavy atom. The van der Waals surface area contributed by atoms with Crippen LogP contribution in [0.5, 0.6) is 0 Å². The van der Waals surface area contributed by atoms with Crippen molar-refractivity contribution in [2.45, 2.75) is 26.9 Å². The minimum atomic E-state index is -1.06. The first-order valence-corrected chi connectivity index (χ1v) is 6.16. The van der Waals surface area contributed by atoms with Crippen molar-refractivity contribution < 1.29 is 19.1 Å². The van der Waals surface area contributed by atoms with E-state index < -0.39 is 24.0 Å². The molecule has 0 aromatic heterocycles. The van der Waals surface area contributed by atoms with Crippen LogP contribution in [0.25, 0.3) is 0 Å². The summed E-state index contributed by atoms with van der Waals surface area (Å²) in [5, 5.41) is 4.29. The maximum atomic E-state index is 12.0. The zero-order valence-corrected chi connectivity index (χ0v) is 11.9. The van der Waals surface area contributed by atoms with Gasteiger partial charge in [0.1, 0.15) is 0 Å². The van der Waals surface area contributed by atoms with Gasteiger partial charge in [0, 0.05) is 7.05 Å². The predicted molar refractivity (Wildman–Crippen MR) is 73.4 cm³/mol. The van der Waals surface area contributed by atoms with E-state index in [1.54, 1.807) is 19.1 Å². The van der Waals surface area contributed by atoms with Gasteiger partial charge in [-0.15, -0.1) is 0 Å². The Morgan fingerprint density at radius 1 is 1.20 bits per heavy atom. The van der Waals surface area contributed by atoms with E-state index in [0.717, 1.165) is 11.1 Å². The third kappa shape index (κ3) is 4.08. The molecule has 20 heavy (non-hydrogen) atoms. The highest BCUT2D eigenvalue weighted by Crippen LogP contribution is 2.13. The second-order valence-corrected chi connectivity index (χ2v) is 4.43. The van der Waals surface area contributed by atoms with Crippen molar-refractivity contribution in [2.75, 3.05) is 7.05 Å². The zero-order chi connectivity index (χ0) is 15.3. The summed E-state index contributed by atoms with van der Waals surface area (Å²) < 4.78 is 5.05. The van der Waals surface area contributed by atoms with Crippen LogP contribution < -0.4 is 10.6 Å². The molecule has 0 radical (unpaired) electrons. The Labute approximate surface area is 117 Å². The van der Waals surface area contributed by atoms with E-state index in [2.05, 4.69) is 5.32 Å². The van der Waals surface area contributed by atoms with E-state index in [9.17, 15) is 14.4 Å². The highest BCUT2D eigenvalue weighted by Gasteiger charge is 2.21. The molecule has 0 saturated heterocycles. The first-order chi connectivity index (χ1) is 9.35. The number of nitrogens with one attached hydrogen (secondary N) is 2. The van der Waals surface area contributed by atoms with Crippen molar-refractivity contribution in [1.29, 1.82) is 0 Å². The molecule has 0 aliphatic heterocycles.